The largest absolute Gasteiger partial charge is 0.313 e. The number of nitrogens with one attached hydrogen (secondary N) is 2. The van der Waals surface area contributed by atoms with Gasteiger partial charge in [-0.15, -0.1) is 0 Å². The van der Waals surface area contributed by atoms with Gasteiger partial charge in [-0.2, -0.15) is 0 Å². The first-order chi connectivity index (χ1) is 7.18. The molecule has 1 rings (SSSR count). The van der Waals surface area contributed by atoms with E-state index < -0.39 is 0 Å². The van der Waals surface area contributed by atoms with Crippen LogP contribution in [0.5, 0.6) is 0 Å². The van der Waals surface area contributed by atoms with E-state index in [4.69, 9.17) is 0 Å². The SMILES string of the molecule is CC(C)NCC(C)NCc1ccncc1. The Morgan fingerprint density at radius 2 is 1.80 bits per heavy atom. The van der Waals surface area contributed by atoms with Crippen LogP contribution in [0.2, 0.25) is 0 Å². The molecular weight excluding hydrogens is 186 g/mol. The molecule has 0 aliphatic carbocycles. The molecule has 1 aromatic heterocycles. The molecule has 0 saturated carbocycles. The zero-order chi connectivity index (χ0) is 11.1. The van der Waals surface area contributed by atoms with Gasteiger partial charge in [0, 0.05) is 37.6 Å². The maximum absolute atomic E-state index is 3.99. The third kappa shape index (κ3) is 5.50. The Labute approximate surface area is 92.3 Å². The van der Waals surface area contributed by atoms with E-state index in [0.29, 0.717) is 12.1 Å². The van der Waals surface area contributed by atoms with Crippen LogP contribution < -0.4 is 10.6 Å². The molecule has 3 nitrogen and oxygen atoms in total. The molecule has 0 aromatic carbocycles. The van der Waals surface area contributed by atoms with Gasteiger partial charge in [-0.1, -0.05) is 13.8 Å². The Morgan fingerprint density at radius 1 is 1.13 bits per heavy atom. The molecule has 0 aliphatic rings. The van der Waals surface area contributed by atoms with Crippen LogP contribution in [-0.2, 0) is 6.54 Å². The highest BCUT2D eigenvalue weighted by molar-refractivity contribution is 5.09. The summed E-state index contributed by atoms with van der Waals surface area (Å²) in [6.07, 6.45) is 3.65. The van der Waals surface area contributed by atoms with Crippen LogP contribution in [0, 0.1) is 0 Å². The van der Waals surface area contributed by atoms with Crippen LogP contribution in [0.3, 0.4) is 0 Å². The van der Waals surface area contributed by atoms with Crippen LogP contribution in [0.15, 0.2) is 24.5 Å². The monoisotopic (exact) mass is 207 g/mol. The number of pyridine rings is 1. The molecule has 84 valence electrons. The minimum atomic E-state index is 0.487. The predicted molar refractivity (Wildman–Crippen MR) is 63.7 cm³/mol. The summed E-state index contributed by atoms with van der Waals surface area (Å²) >= 11 is 0. The molecule has 0 bridgehead atoms. The van der Waals surface area contributed by atoms with Gasteiger partial charge in [-0.05, 0) is 24.6 Å². The van der Waals surface area contributed by atoms with Crippen LogP contribution in [-0.4, -0.2) is 23.6 Å². The fourth-order valence-corrected chi connectivity index (χ4v) is 1.28. The topological polar surface area (TPSA) is 37.0 Å². The second kappa shape index (κ2) is 6.53. The van der Waals surface area contributed by atoms with Crippen molar-refractivity contribution in [2.75, 3.05) is 6.54 Å². The van der Waals surface area contributed by atoms with Crippen molar-refractivity contribution in [1.29, 1.82) is 0 Å². The Bertz CT molecular complexity index is 259. The predicted octanol–water partition coefficient (Wildman–Crippen LogP) is 1.56. The van der Waals surface area contributed by atoms with E-state index in [1.165, 1.54) is 5.56 Å². The summed E-state index contributed by atoms with van der Waals surface area (Å²) in [4.78, 5) is 3.99. The molecule has 1 atom stereocenters. The van der Waals surface area contributed by atoms with Crippen molar-refractivity contribution in [3.8, 4) is 0 Å². The lowest BCUT2D eigenvalue weighted by Gasteiger charge is -2.16. The van der Waals surface area contributed by atoms with Crippen LogP contribution >= 0.6 is 0 Å². The normalized spacial score (nSPS) is 13.1. The molecule has 0 amide bonds. The van der Waals surface area contributed by atoms with E-state index in [1.807, 2.05) is 24.5 Å². The van der Waals surface area contributed by atoms with Gasteiger partial charge in [0.15, 0.2) is 0 Å². The summed E-state index contributed by atoms with van der Waals surface area (Å²) in [6.45, 7) is 8.42. The van der Waals surface area contributed by atoms with Gasteiger partial charge in [-0.3, -0.25) is 4.98 Å². The quantitative estimate of drug-likeness (QED) is 0.743. The fraction of sp³-hybridized carbons (Fsp3) is 0.583. The average Bonchev–Trinajstić information content (AvgIpc) is 2.25. The number of hydrogen-bond acceptors (Lipinski definition) is 3. The molecule has 0 radical (unpaired) electrons. The van der Waals surface area contributed by atoms with E-state index in [1.54, 1.807) is 0 Å². The molecule has 1 unspecified atom stereocenters. The van der Waals surface area contributed by atoms with E-state index in [-0.39, 0.29) is 0 Å². The molecule has 0 aliphatic heterocycles. The van der Waals surface area contributed by atoms with Crippen molar-refractivity contribution in [2.45, 2.75) is 39.4 Å². The fourth-order valence-electron chi connectivity index (χ4n) is 1.28. The second-order valence-electron chi connectivity index (χ2n) is 4.20. The van der Waals surface area contributed by atoms with E-state index in [0.717, 1.165) is 13.1 Å². The lowest BCUT2D eigenvalue weighted by Crippen LogP contribution is -2.38. The van der Waals surface area contributed by atoms with Crippen LogP contribution in [0.1, 0.15) is 26.3 Å². The summed E-state index contributed by atoms with van der Waals surface area (Å²) < 4.78 is 0. The molecule has 0 fully saturated rings. The Hall–Kier alpha value is -0.930. The number of nitrogens with zero attached hydrogens (tertiary/aromatic N) is 1. The Balaban J connectivity index is 2.19. The van der Waals surface area contributed by atoms with Crippen molar-refractivity contribution in [2.24, 2.45) is 0 Å². The Kier molecular flexibility index (Phi) is 5.29. The van der Waals surface area contributed by atoms with Gasteiger partial charge in [0.1, 0.15) is 0 Å². The Morgan fingerprint density at radius 3 is 2.40 bits per heavy atom. The summed E-state index contributed by atoms with van der Waals surface area (Å²) in [6, 6.07) is 5.11. The molecule has 3 heteroatoms. The molecule has 0 spiro atoms. The zero-order valence-corrected chi connectivity index (χ0v) is 9.83. The number of aromatic nitrogens is 1. The average molecular weight is 207 g/mol. The highest BCUT2D eigenvalue weighted by Gasteiger charge is 2.01. The molecule has 2 N–H and O–H groups in total. The standard InChI is InChI=1S/C12H21N3/c1-10(2)14-8-11(3)15-9-12-4-6-13-7-5-12/h4-7,10-11,14-15H,8-9H2,1-3H3. The minimum absolute atomic E-state index is 0.487. The van der Waals surface area contributed by atoms with Crippen molar-refractivity contribution < 1.29 is 0 Å². The first-order valence-corrected chi connectivity index (χ1v) is 5.54. The van der Waals surface area contributed by atoms with E-state index >= 15 is 0 Å². The summed E-state index contributed by atoms with van der Waals surface area (Å²) in [7, 11) is 0. The summed E-state index contributed by atoms with van der Waals surface area (Å²) in [5.74, 6) is 0. The van der Waals surface area contributed by atoms with E-state index in [2.05, 4.69) is 36.4 Å². The van der Waals surface area contributed by atoms with Crippen LogP contribution in [0.4, 0.5) is 0 Å². The second-order valence-corrected chi connectivity index (χ2v) is 4.20. The van der Waals surface area contributed by atoms with E-state index in [9.17, 15) is 0 Å². The molecule has 1 aromatic rings. The lowest BCUT2D eigenvalue weighted by molar-refractivity contribution is 0.474. The molecule has 0 saturated heterocycles. The molecule has 15 heavy (non-hydrogen) atoms. The van der Waals surface area contributed by atoms with Crippen molar-refractivity contribution in [3.63, 3.8) is 0 Å². The third-order valence-electron chi connectivity index (χ3n) is 2.24. The smallest absolute Gasteiger partial charge is 0.0271 e. The van der Waals surface area contributed by atoms with Gasteiger partial charge in [0.25, 0.3) is 0 Å². The van der Waals surface area contributed by atoms with Gasteiger partial charge in [0.05, 0.1) is 0 Å². The highest BCUT2D eigenvalue weighted by atomic mass is 15.0. The van der Waals surface area contributed by atoms with Gasteiger partial charge < -0.3 is 10.6 Å². The number of rotatable bonds is 6. The summed E-state index contributed by atoms with van der Waals surface area (Å²) in [5, 5.41) is 6.87. The van der Waals surface area contributed by atoms with Crippen molar-refractivity contribution in [3.05, 3.63) is 30.1 Å². The maximum atomic E-state index is 3.99. The maximum Gasteiger partial charge on any atom is 0.0271 e. The van der Waals surface area contributed by atoms with Crippen LogP contribution in [0.25, 0.3) is 0 Å². The molecular formula is C12H21N3. The third-order valence-corrected chi connectivity index (χ3v) is 2.24. The molecule has 1 heterocycles. The highest BCUT2D eigenvalue weighted by Crippen LogP contribution is 1.95. The summed E-state index contributed by atoms with van der Waals surface area (Å²) in [5.41, 5.74) is 1.28. The number of hydrogen-bond donors (Lipinski definition) is 2. The first-order valence-electron chi connectivity index (χ1n) is 5.54. The van der Waals surface area contributed by atoms with Gasteiger partial charge in [0.2, 0.25) is 0 Å². The first kappa shape index (κ1) is 12.1. The van der Waals surface area contributed by atoms with Crippen molar-refractivity contribution in [1.82, 2.24) is 15.6 Å². The lowest BCUT2D eigenvalue weighted by atomic mass is 10.2. The zero-order valence-electron chi connectivity index (χ0n) is 9.83. The van der Waals surface area contributed by atoms with Gasteiger partial charge in [-0.25, -0.2) is 0 Å². The van der Waals surface area contributed by atoms with Gasteiger partial charge >= 0.3 is 0 Å². The van der Waals surface area contributed by atoms with Crippen molar-refractivity contribution >= 4 is 0 Å². The minimum Gasteiger partial charge on any atom is -0.313 e.